The van der Waals surface area contributed by atoms with Gasteiger partial charge in [0.05, 0.1) is 25.5 Å². The van der Waals surface area contributed by atoms with Crippen molar-refractivity contribution in [1.29, 1.82) is 0 Å². The number of carboxylic acids is 1. The molecule has 0 radical (unpaired) electrons. The highest BCUT2D eigenvalue weighted by Crippen LogP contribution is 2.07. The Labute approximate surface area is 112 Å². The van der Waals surface area contributed by atoms with Gasteiger partial charge in [0.25, 0.3) is 0 Å². The van der Waals surface area contributed by atoms with Gasteiger partial charge in [-0.05, 0) is 6.42 Å². The highest BCUT2D eigenvalue weighted by atomic mass is 16.5. The molecule has 0 aromatic carbocycles. The summed E-state index contributed by atoms with van der Waals surface area (Å²) in [5.41, 5.74) is 0.569. The Kier molecular flexibility index (Phi) is 7.06. The average Bonchev–Trinajstić information content (AvgIpc) is 2.79. The Hall–Kier alpha value is -1.47. The predicted octanol–water partition coefficient (Wildman–Crippen LogP) is 0.982. The molecule has 0 aliphatic rings. The molecule has 0 amide bonds. The second-order valence-corrected chi connectivity index (χ2v) is 4.12. The molecular weight excluding hydrogens is 250 g/mol. The number of aromatic nitrogens is 3. The number of unbranched alkanes of at least 4 members (excludes halogenated alkanes) is 1. The van der Waals surface area contributed by atoms with E-state index in [1.54, 1.807) is 11.8 Å². The van der Waals surface area contributed by atoms with Gasteiger partial charge in [-0.15, -0.1) is 5.10 Å². The van der Waals surface area contributed by atoms with Gasteiger partial charge in [-0.1, -0.05) is 18.6 Å². The zero-order valence-corrected chi connectivity index (χ0v) is 11.5. The molecule has 0 atom stereocenters. The third-order valence-electron chi connectivity index (χ3n) is 2.67. The first-order chi connectivity index (χ1) is 9.20. The van der Waals surface area contributed by atoms with Gasteiger partial charge < -0.3 is 14.6 Å². The highest BCUT2D eigenvalue weighted by molar-refractivity contribution is 5.86. The van der Waals surface area contributed by atoms with Crippen LogP contribution in [0.5, 0.6) is 0 Å². The first kappa shape index (κ1) is 15.6. The SMILES string of the molecule is CCCCOCCn1nnc(C(=O)O)c1CCOC. The van der Waals surface area contributed by atoms with Crippen LogP contribution in [-0.2, 0) is 22.4 Å². The van der Waals surface area contributed by atoms with Crippen LogP contribution in [0.25, 0.3) is 0 Å². The summed E-state index contributed by atoms with van der Waals surface area (Å²) >= 11 is 0. The summed E-state index contributed by atoms with van der Waals surface area (Å²) in [6.07, 6.45) is 2.58. The van der Waals surface area contributed by atoms with Crippen LogP contribution >= 0.6 is 0 Å². The molecule has 0 aliphatic carbocycles. The summed E-state index contributed by atoms with van der Waals surface area (Å²) in [5.74, 6) is -1.07. The molecule has 108 valence electrons. The van der Waals surface area contributed by atoms with E-state index in [0.29, 0.717) is 38.5 Å². The minimum atomic E-state index is -1.07. The van der Waals surface area contributed by atoms with Crippen molar-refractivity contribution in [3.8, 4) is 0 Å². The minimum absolute atomic E-state index is 0.00870. The smallest absolute Gasteiger partial charge is 0.358 e. The van der Waals surface area contributed by atoms with Gasteiger partial charge in [-0.25, -0.2) is 9.48 Å². The first-order valence-corrected chi connectivity index (χ1v) is 6.43. The number of hydrogen-bond donors (Lipinski definition) is 1. The van der Waals surface area contributed by atoms with Gasteiger partial charge >= 0.3 is 5.97 Å². The Morgan fingerprint density at radius 2 is 2.16 bits per heavy atom. The van der Waals surface area contributed by atoms with Crippen LogP contribution < -0.4 is 0 Å². The maximum atomic E-state index is 11.0. The van der Waals surface area contributed by atoms with Crippen LogP contribution in [0.4, 0.5) is 0 Å². The number of carboxylic acid groups (broad SMARTS) is 1. The van der Waals surface area contributed by atoms with E-state index in [9.17, 15) is 4.79 Å². The lowest BCUT2D eigenvalue weighted by Gasteiger charge is -2.07. The van der Waals surface area contributed by atoms with Crippen molar-refractivity contribution >= 4 is 5.97 Å². The maximum absolute atomic E-state index is 11.0. The summed E-state index contributed by atoms with van der Waals surface area (Å²) in [7, 11) is 1.57. The molecule has 1 heterocycles. The van der Waals surface area contributed by atoms with Crippen LogP contribution in [0.3, 0.4) is 0 Å². The molecule has 1 N–H and O–H groups in total. The van der Waals surface area contributed by atoms with E-state index in [1.165, 1.54) is 0 Å². The molecular formula is C12H21N3O4. The van der Waals surface area contributed by atoms with Crippen LogP contribution in [0.15, 0.2) is 0 Å². The van der Waals surface area contributed by atoms with Crippen molar-refractivity contribution in [2.45, 2.75) is 32.7 Å². The lowest BCUT2D eigenvalue weighted by molar-refractivity contribution is 0.0688. The molecule has 1 rings (SSSR count). The third kappa shape index (κ3) is 4.96. The second-order valence-electron chi connectivity index (χ2n) is 4.12. The fraction of sp³-hybridized carbons (Fsp3) is 0.750. The zero-order chi connectivity index (χ0) is 14.1. The van der Waals surface area contributed by atoms with Crippen molar-refractivity contribution in [3.05, 3.63) is 11.4 Å². The Morgan fingerprint density at radius 3 is 2.79 bits per heavy atom. The standard InChI is InChI=1S/C12H21N3O4/c1-3-4-7-19-9-6-15-10(5-8-18-2)11(12(16)17)13-14-15/h3-9H2,1-2H3,(H,16,17). The zero-order valence-electron chi connectivity index (χ0n) is 11.5. The average molecular weight is 271 g/mol. The molecule has 0 saturated heterocycles. The van der Waals surface area contributed by atoms with Gasteiger partial charge in [-0.3, -0.25) is 0 Å². The highest BCUT2D eigenvalue weighted by Gasteiger charge is 2.18. The fourth-order valence-electron chi connectivity index (χ4n) is 1.62. The van der Waals surface area contributed by atoms with E-state index in [-0.39, 0.29) is 5.69 Å². The van der Waals surface area contributed by atoms with Crippen molar-refractivity contribution in [3.63, 3.8) is 0 Å². The molecule has 0 aliphatic heterocycles. The second kappa shape index (κ2) is 8.60. The predicted molar refractivity (Wildman–Crippen MR) is 68.3 cm³/mol. The third-order valence-corrected chi connectivity index (χ3v) is 2.67. The topological polar surface area (TPSA) is 86.5 Å². The van der Waals surface area contributed by atoms with E-state index in [2.05, 4.69) is 17.2 Å². The first-order valence-electron chi connectivity index (χ1n) is 6.43. The largest absolute Gasteiger partial charge is 0.476 e. The quantitative estimate of drug-likeness (QED) is 0.638. The summed E-state index contributed by atoms with van der Waals surface area (Å²) in [6.45, 7) is 4.25. The number of carbonyl (C=O) groups is 1. The molecule has 1 aromatic rings. The number of hydrogen-bond acceptors (Lipinski definition) is 5. The lowest BCUT2D eigenvalue weighted by atomic mass is 10.2. The molecule has 7 nitrogen and oxygen atoms in total. The maximum Gasteiger partial charge on any atom is 0.358 e. The van der Waals surface area contributed by atoms with Crippen molar-refractivity contribution in [2.24, 2.45) is 0 Å². The monoisotopic (exact) mass is 271 g/mol. The van der Waals surface area contributed by atoms with E-state index < -0.39 is 5.97 Å². The minimum Gasteiger partial charge on any atom is -0.476 e. The van der Waals surface area contributed by atoms with Crippen molar-refractivity contribution < 1.29 is 19.4 Å². The van der Waals surface area contributed by atoms with Crippen molar-refractivity contribution in [2.75, 3.05) is 26.9 Å². The molecule has 0 bridgehead atoms. The molecule has 0 saturated carbocycles. The Balaban J connectivity index is 2.58. The van der Waals surface area contributed by atoms with Crippen LogP contribution in [-0.4, -0.2) is 53.0 Å². The molecule has 0 unspecified atom stereocenters. The van der Waals surface area contributed by atoms with Gasteiger partial charge in [0, 0.05) is 20.1 Å². The summed E-state index contributed by atoms with van der Waals surface area (Å²) in [6, 6.07) is 0. The van der Waals surface area contributed by atoms with Gasteiger partial charge in [0.15, 0.2) is 5.69 Å². The molecule has 0 spiro atoms. The number of rotatable bonds is 10. The number of ether oxygens (including phenoxy) is 2. The summed E-state index contributed by atoms with van der Waals surface area (Å²) < 4.78 is 12.0. The van der Waals surface area contributed by atoms with E-state index in [1.807, 2.05) is 0 Å². The Bertz CT molecular complexity index is 392. The summed E-state index contributed by atoms with van der Waals surface area (Å²) in [5, 5.41) is 16.6. The van der Waals surface area contributed by atoms with E-state index in [4.69, 9.17) is 14.6 Å². The van der Waals surface area contributed by atoms with Crippen molar-refractivity contribution in [1.82, 2.24) is 15.0 Å². The number of methoxy groups -OCH3 is 1. The van der Waals surface area contributed by atoms with Crippen LogP contribution in [0, 0.1) is 0 Å². The molecule has 19 heavy (non-hydrogen) atoms. The van der Waals surface area contributed by atoms with E-state index >= 15 is 0 Å². The van der Waals surface area contributed by atoms with Gasteiger partial charge in [0.1, 0.15) is 0 Å². The number of nitrogens with zero attached hydrogens (tertiary/aromatic N) is 3. The van der Waals surface area contributed by atoms with Crippen LogP contribution in [0.2, 0.25) is 0 Å². The lowest BCUT2D eigenvalue weighted by Crippen LogP contribution is -2.14. The Morgan fingerprint density at radius 1 is 1.37 bits per heavy atom. The van der Waals surface area contributed by atoms with Gasteiger partial charge in [0.2, 0.25) is 0 Å². The van der Waals surface area contributed by atoms with E-state index in [0.717, 1.165) is 12.8 Å². The van der Waals surface area contributed by atoms with Crippen LogP contribution in [0.1, 0.15) is 35.9 Å². The normalized spacial score (nSPS) is 10.8. The molecule has 7 heteroatoms. The number of aromatic carboxylic acids is 1. The molecule has 1 aromatic heterocycles. The van der Waals surface area contributed by atoms with Gasteiger partial charge in [-0.2, -0.15) is 0 Å². The fourth-order valence-corrected chi connectivity index (χ4v) is 1.62. The molecule has 0 fully saturated rings. The summed E-state index contributed by atoms with van der Waals surface area (Å²) in [4.78, 5) is 11.0.